The number of aryl methyl sites for hydroxylation is 2. The van der Waals surface area contributed by atoms with Gasteiger partial charge in [0.1, 0.15) is 26.4 Å². The third kappa shape index (κ3) is 2.08. The first-order valence-electron chi connectivity index (χ1n) is 9.57. The van der Waals surface area contributed by atoms with Gasteiger partial charge in [-0.15, -0.1) is 0 Å². The summed E-state index contributed by atoms with van der Waals surface area (Å²) in [6.45, 7) is 4.75. The SMILES string of the molecule is C[n+]1c2n(c3ccccc31)CN1Cc3n(c4ccccc4[n+]3C)CN(C2)C1. The molecule has 6 rings (SSSR count). The van der Waals surface area contributed by atoms with Crippen LogP contribution in [0, 0.1) is 0 Å². The Balaban J connectivity index is 1.52. The molecule has 6 nitrogen and oxygen atoms in total. The molecule has 2 aliphatic heterocycles. The summed E-state index contributed by atoms with van der Waals surface area (Å²) in [6.07, 6.45) is 0. The molecule has 2 aromatic heterocycles. The van der Waals surface area contributed by atoms with Gasteiger partial charge in [0.15, 0.2) is 22.1 Å². The van der Waals surface area contributed by atoms with Crippen LogP contribution in [-0.4, -0.2) is 25.6 Å². The lowest BCUT2D eigenvalue weighted by molar-refractivity contribution is -0.656. The summed E-state index contributed by atoms with van der Waals surface area (Å²) in [5.41, 5.74) is 5.27. The second-order valence-corrected chi connectivity index (χ2v) is 7.87. The third-order valence-corrected chi connectivity index (χ3v) is 6.28. The Bertz CT molecular complexity index is 1110. The molecule has 0 amide bonds. The van der Waals surface area contributed by atoms with Crippen LogP contribution in [0.4, 0.5) is 0 Å². The van der Waals surface area contributed by atoms with Gasteiger partial charge in [0.2, 0.25) is 0 Å². The lowest BCUT2D eigenvalue weighted by Crippen LogP contribution is -2.37. The molecular weight excluding hydrogens is 336 g/mol. The van der Waals surface area contributed by atoms with Crippen molar-refractivity contribution >= 4 is 22.1 Å². The van der Waals surface area contributed by atoms with Gasteiger partial charge < -0.3 is 0 Å². The molecule has 0 saturated carbocycles. The molecule has 2 bridgehead atoms. The monoisotopic (exact) mass is 360 g/mol. The molecule has 136 valence electrons. The van der Waals surface area contributed by atoms with Crippen molar-refractivity contribution in [2.45, 2.75) is 26.4 Å². The predicted octanol–water partition coefficient (Wildman–Crippen LogP) is 1.45. The molecule has 2 atom stereocenters. The zero-order chi connectivity index (χ0) is 18.1. The van der Waals surface area contributed by atoms with E-state index in [0.29, 0.717) is 0 Å². The Morgan fingerprint density at radius 3 is 1.56 bits per heavy atom. The highest BCUT2D eigenvalue weighted by molar-refractivity contribution is 5.73. The Kier molecular flexibility index (Phi) is 3.08. The van der Waals surface area contributed by atoms with Crippen LogP contribution in [0.1, 0.15) is 11.6 Å². The number of fused-ring (bicyclic) bond motifs is 8. The van der Waals surface area contributed by atoms with E-state index in [-0.39, 0.29) is 0 Å². The van der Waals surface area contributed by atoms with Crippen LogP contribution in [0.5, 0.6) is 0 Å². The molecule has 2 unspecified atom stereocenters. The Hall–Kier alpha value is -2.70. The van der Waals surface area contributed by atoms with E-state index in [1.54, 1.807) is 0 Å². The molecule has 2 aromatic carbocycles. The molecule has 4 heterocycles. The fourth-order valence-corrected chi connectivity index (χ4v) is 4.94. The average molecular weight is 360 g/mol. The van der Waals surface area contributed by atoms with Crippen molar-refractivity contribution in [2.75, 3.05) is 6.67 Å². The summed E-state index contributed by atoms with van der Waals surface area (Å²) in [5, 5.41) is 0. The van der Waals surface area contributed by atoms with Crippen molar-refractivity contribution in [1.82, 2.24) is 18.9 Å². The summed E-state index contributed by atoms with van der Waals surface area (Å²) >= 11 is 0. The largest absolute Gasteiger partial charge is 0.272 e. The maximum absolute atomic E-state index is 2.56. The summed E-state index contributed by atoms with van der Waals surface area (Å²) in [5.74, 6) is 2.76. The Morgan fingerprint density at radius 1 is 0.630 bits per heavy atom. The van der Waals surface area contributed by atoms with Gasteiger partial charge in [-0.05, 0) is 24.3 Å². The average Bonchev–Trinajstić information content (AvgIpc) is 2.94. The molecule has 0 radical (unpaired) electrons. The van der Waals surface area contributed by atoms with Crippen molar-refractivity contribution in [2.24, 2.45) is 14.1 Å². The van der Waals surface area contributed by atoms with Gasteiger partial charge in [0, 0.05) is 0 Å². The van der Waals surface area contributed by atoms with Crippen molar-refractivity contribution in [1.29, 1.82) is 0 Å². The standard InChI is InChI=1S/C21H24N6/c1-22-16-7-3-5-9-18(16)26-14-25-12-21-23(2)17-8-4-6-10-19(17)27(21)15-24(13-25)11-20(22)26/h3-10H,11-15H2,1-2H3/q+2. The summed E-state index contributed by atoms with van der Waals surface area (Å²) in [4.78, 5) is 5.11. The van der Waals surface area contributed by atoms with Gasteiger partial charge in [-0.2, -0.15) is 0 Å². The van der Waals surface area contributed by atoms with Gasteiger partial charge in [-0.25, -0.2) is 28.1 Å². The van der Waals surface area contributed by atoms with Crippen molar-refractivity contribution in [3.63, 3.8) is 0 Å². The van der Waals surface area contributed by atoms with Crippen LogP contribution < -0.4 is 9.13 Å². The Labute approximate surface area is 158 Å². The van der Waals surface area contributed by atoms with E-state index in [1.165, 1.54) is 33.7 Å². The van der Waals surface area contributed by atoms with Crippen molar-refractivity contribution < 1.29 is 9.13 Å². The van der Waals surface area contributed by atoms with Crippen LogP contribution >= 0.6 is 0 Å². The molecule has 0 spiro atoms. The zero-order valence-electron chi connectivity index (χ0n) is 15.8. The number of imidazole rings is 2. The van der Waals surface area contributed by atoms with Crippen molar-refractivity contribution in [3.05, 3.63) is 60.2 Å². The molecule has 0 N–H and O–H groups in total. The molecular formula is C21H24N6+2. The first kappa shape index (κ1) is 15.4. The molecule has 0 saturated heterocycles. The molecule has 27 heavy (non-hydrogen) atoms. The fourth-order valence-electron chi connectivity index (χ4n) is 4.94. The summed E-state index contributed by atoms with van der Waals surface area (Å²) in [7, 11) is 4.40. The lowest BCUT2D eigenvalue weighted by Gasteiger charge is -2.19. The maximum Gasteiger partial charge on any atom is 0.272 e. The van der Waals surface area contributed by atoms with E-state index in [9.17, 15) is 0 Å². The number of aromatic nitrogens is 4. The van der Waals surface area contributed by atoms with Gasteiger partial charge in [0.05, 0.1) is 20.8 Å². The second-order valence-electron chi connectivity index (χ2n) is 7.87. The quantitative estimate of drug-likeness (QED) is 0.443. The fraction of sp³-hybridized carbons (Fsp3) is 0.333. The van der Waals surface area contributed by atoms with Crippen LogP contribution in [0.15, 0.2) is 48.5 Å². The summed E-state index contributed by atoms with van der Waals surface area (Å²) < 4.78 is 9.71. The minimum atomic E-state index is 0.925. The van der Waals surface area contributed by atoms with Crippen LogP contribution in [-0.2, 0) is 40.5 Å². The van der Waals surface area contributed by atoms with E-state index in [4.69, 9.17) is 0 Å². The minimum absolute atomic E-state index is 0.925. The van der Waals surface area contributed by atoms with Gasteiger partial charge in [-0.3, -0.25) is 0 Å². The van der Waals surface area contributed by atoms with E-state index in [2.05, 4.69) is 90.7 Å². The molecule has 4 aromatic rings. The van der Waals surface area contributed by atoms with E-state index < -0.39 is 0 Å². The number of nitrogens with zero attached hydrogens (tertiary/aromatic N) is 6. The number of para-hydroxylation sites is 4. The second kappa shape index (κ2) is 5.41. The summed E-state index contributed by atoms with van der Waals surface area (Å²) in [6, 6.07) is 17.5. The number of rotatable bonds is 0. The van der Waals surface area contributed by atoms with E-state index in [0.717, 1.165) is 33.1 Å². The van der Waals surface area contributed by atoms with Crippen LogP contribution in [0.2, 0.25) is 0 Å². The molecule has 0 aliphatic carbocycles. The van der Waals surface area contributed by atoms with Gasteiger partial charge in [0.25, 0.3) is 11.6 Å². The highest BCUT2D eigenvalue weighted by Gasteiger charge is 2.36. The van der Waals surface area contributed by atoms with E-state index in [1.807, 2.05) is 0 Å². The molecule has 2 aliphatic rings. The van der Waals surface area contributed by atoms with Crippen molar-refractivity contribution in [3.8, 4) is 0 Å². The first-order chi connectivity index (χ1) is 13.2. The number of hydrogen-bond acceptors (Lipinski definition) is 2. The van der Waals surface area contributed by atoms with E-state index >= 15 is 0 Å². The smallest absolute Gasteiger partial charge is 0.242 e. The highest BCUT2D eigenvalue weighted by atomic mass is 15.5. The first-order valence-corrected chi connectivity index (χ1v) is 9.57. The Morgan fingerprint density at radius 2 is 1.07 bits per heavy atom. The predicted molar refractivity (Wildman–Crippen MR) is 102 cm³/mol. The molecule has 6 heteroatoms. The van der Waals surface area contributed by atoms with Crippen LogP contribution in [0.25, 0.3) is 22.1 Å². The zero-order valence-corrected chi connectivity index (χ0v) is 15.8. The number of hydrogen-bond donors (Lipinski definition) is 0. The molecule has 0 fully saturated rings. The lowest BCUT2D eigenvalue weighted by atomic mass is 10.3. The van der Waals surface area contributed by atoms with Gasteiger partial charge in [-0.1, -0.05) is 24.3 Å². The third-order valence-electron chi connectivity index (χ3n) is 6.28. The van der Waals surface area contributed by atoms with Crippen LogP contribution in [0.3, 0.4) is 0 Å². The topological polar surface area (TPSA) is 24.1 Å². The normalized spacial score (nSPS) is 21.7. The van der Waals surface area contributed by atoms with Gasteiger partial charge >= 0.3 is 0 Å². The minimum Gasteiger partial charge on any atom is -0.242 e. The maximum atomic E-state index is 2.56. The highest BCUT2D eigenvalue weighted by Crippen LogP contribution is 2.25. The number of benzene rings is 2.